The molecule has 11 heteroatoms. The molecule has 2 aromatic carbocycles. The third-order valence-electron chi connectivity index (χ3n) is 7.95. The van der Waals surface area contributed by atoms with Crippen molar-refractivity contribution >= 4 is 26.9 Å². The van der Waals surface area contributed by atoms with Gasteiger partial charge in [0.1, 0.15) is 0 Å². The maximum atomic E-state index is 14.1. The van der Waals surface area contributed by atoms with Crippen molar-refractivity contribution in [1.29, 1.82) is 0 Å². The van der Waals surface area contributed by atoms with E-state index in [1.807, 2.05) is 13.8 Å². The number of nitrogens with zero attached hydrogens (tertiary/aromatic N) is 3. The van der Waals surface area contributed by atoms with Gasteiger partial charge in [0.25, 0.3) is 0 Å². The van der Waals surface area contributed by atoms with Crippen LogP contribution in [-0.2, 0) is 33.8 Å². The zero-order chi connectivity index (χ0) is 27.4. The normalized spacial score (nSPS) is 21.2. The molecule has 2 aliphatic rings. The van der Waals surface area contributed by atoms with Gasteiger partial charge in [-0.2, -0.15) is 22.6 Å². The van der Waals surface area contributed by atoms with E-state index < -0.39 is 40.2 Å². The highest BCUT2D eigenvalue weighted by Gasteiger charge is 2.43. The van der Waals surface area contributed by atoms with Crippen LogP contribution in [0.1, 0.15) is 67.5 Å². The van der Waals surface area contributed by atoms with Crippen LogP contribution in [0.5, 0.6) is 0 Å². The van der Waals surface area contributed by atoms with E-state index in [4.69, 9.17) is 0 Å². The highest BCUT2D eigenvalue weighted by atomic mass is 32.2. The molecule has 0 bridgehead atoms. The van der Waals surface area contributed by atoms with E-state index in [0.29, 0.717) is 18.2 Å². The molecule has 1 saturated carbocycles. The lowest BCUT2D eigenvalue weighted by atomic mass is 9.77. The number of carboxylic acid groups (broad SMARTS) is 1. The Morgan fingerprint density at radius 2 is 1.79 bits per heavy atom. The van der Waals surface area contributed by atoms with Crippen LogP contribution in [0, 0.1) is 5.92 Å². The predicted molar refractivity (Wildman–Crippen MR) is 135 cm³/mol. The monoisotopic (exact) mass is 549 g/mol. The molecule has 0 radical (unpaired) electrons. The Morgan fingerprint density at radius 1 is 1.11 bits per heavy atom. The van der Waals surface area contributed by atoms with Crippen molar-refractivity contribution < 1.29 is 31.5 Å². The highest BCUT2D eigenvalue weighted by Crippen LogP contribution is 2.48. The van der Waals surface area contributed by atoms with Gasteiger partial charge in [-0.3, -0.25) is 9.48 Å². The number of rotatable bonds is 7. The molecule has 1 aromatic heterocycles. The maximum Gasteiger partial charge on any atom is 0.416 e. The van der Waals surface area contributed by atoms with E-state index in [1.165, 1.54) is 15.1 Å². The van der Waals surface area contributed by atoms with Crippen molar-refractivity contribution in [3.8, 4) is 0 Å². The Kier molecular flexibility index (Phi) is 6.79. The minimum atomic E-state index is -4.58. The largest absolute Gasteiger partial charge is 0.481 e. The van der Waals surface area contributed by atoms with Crippen LogP contribution in [0.15, 0.2) is 41.3 Å². The zero-order valence-electron chi connectivity index (χ0n) is 21.2. The van der Waals surface area contributed by atoms with E-state index in [0.717, 1.165) is 24.5 Å². The van der Waals surface area contributed by atoms with Crippen LogP contribution < -0.4 is 0 Å². The van der Waals surface area contributed by atoms with Crippen LogP contribution in [-0.4, -0.2) is 46.7 Å². The number of aromatic nitrogens is 2. The van der Waals surface area contributed by atoms with Crippen molar-refractivity contribution in [3.63, 3.8) is 0 Å². The van der Waals surface area contributed by atoms with Gasteiger partial charge in [-0.05, 0) is 60.4 Å². The molecule has 5 rings (SSSR count). The molecule has 1 saturated heterocycles. The molecule has 2 atom stereocenters. The summed E-state index contributed by atoms with van der Waals surface area (Å²) in [5.41, 5.74) is 0.891. The fourth-order valence-corrected chi connectivity index (χ4v) is 7.22. The first kappa shape index (κ1) is 26.7. The molecule has 2 fully saturated rings. The average Bonchev–Trinajstić information content (AvgIpc) is 3.38. The lowest BCUT2D eigenvalue weighted by Gasteiger charge is -2.30. The Labute approximate surface area is 219 Å². The summed E-state index contributed by atoms with van der Waals surface area (Å²) in [6, 6.07) is 8.48. The average molecular weight is 550 g/mol. The summed E-state index contributed by atoms with van der Waals surface area (Å²) in [6.45, 7) is 4.03. The van der Waals surface area contributed by atoms with Crippen LogP contribution >= 0.6 is 0 Å². The molecule has 1 aliphatic carbocycles. The van der Waals surface area contributed by atoms with E-state index in [2.05, 4.69) is 5.10 Å². The number of sulfonamides is 1. The van der Waals surface area contributed by atoms with Gasteiger partial charge >= 0.3 is 12.1 Å². The van der Waals surface area contributed by atoms with Gasteiger partial charge < -0.3 is 5.11 Å². The molecule has 3 aromatic rings. The first-order valence-corrected chi connectivity index (χ1v) is 14.3. The van der Waals surface area contributed by atoms with Crippen molar-refractivity contribution in [1.82, 2.24) is 14.1 Å². The van der Waals surface area contributed by atoms with Crippen molar-refractivity contribution in [2.24, 2.45) is 5.92 Å². The Balaban J connectivity index is 1.62. The molecule has 0 amide bonds. The van der Waals surface area contributed by atoms with E-state index >= 15 is 0 Å². The number of aliphatic carboxylic acids is 1. The Bertz CT molecular complexity index is 1480. The summed E-state index contributed by atoms with van der Waals surface area (Å²) in [6.07, 6.45) is -2.21. The van der Waals surface area contributed by atoms with Gasteiger partial charge in [-0.1, -0.05) is 38.5 Å². The number of halogens is 3. The van der Waals surface area contributed by atoms with Gasteiger partial charge in [-0.25, -0.2) is 8.42 Å². The third-order valence-corrected chi connectivity index (χ3v) is 9.79. The Morgan fingerprint density at radius 3 is 2.34 bits per heavy atom. The molecule has 7 nitrogen and oxygen atoms in total. The second kappa shape index (κ2) is 9.68. The van der Waals surface area contributed by atoms with E-state index in [1.54, 1.807) is 24.3 Å². The lowest BCUT2D eigenvalue weighted by molar-refractivity contribution is -0.138. The molecule has 204 valence electrons. The standard InChI is InChI=1S/C27H30F3N3O4S/c1-3-17-7-9-19(10-8-17)38(36,37)32-14-16(2)23(15-32)33-26-20(22(31-33)13-24(34)35)11-12-21(27(28,29)30)25(26)18-5-4-6-18/h7-12,16,18,23H,3-6,13-15H2,1-2H3,(H,34,35)/t16-,23+/m1/s1. The SMILES string of the molecule is CCc1ccc(S(=O)(=O)N2C[C@@H](C)[C@@H](n3nc(CC(=O)O)c4ccc(C(F)(F)F)c(C5CCC5)c43)C2)cc1. The number of carboxylic acids is 1. The van der Waals surface area contributed by atoms with Gasteiger partial charge in [0, 0.05) is 18.5 Å². The smallest absolute Gasteiger partial charge is 0.416 e. The molecule has 1 N–H and O–H groups in total. The van der Waals surface area contributed by atoms with Gasteiger partial charge in [-0.15, -0.1) is 0 Å². The first-order chi connectivity index (χ1) is 17.9. The number of aryl methyl sites for hydroxylation is 1. The van der Waals surface area contributed by atoms with Gasteiger partial charge in [0.2, 0.25) is 10.0 Å². The maximum absolute atomic E-state index is 14.1. The molecule has 1 aliphatic heterocycles. The number of hydrogen-bond acceptors (Lipinski definition) is 4. The quantitative estimate of drug-likeness (QED) is 0.427. The molecular weight excluding hydrogens is 519 g/mol. The van der Waals surface area contributed by atoms with Crippen LogP contribution in [0.4, 0.5) is 13.2 Å². The number of carbonyl (C=O) groups is 1. The summed E-state index contributed by atoms with van der Waals surface area (Å²) in [5, 5.41) is 14.4. The minimum absolute atomic E-state index is 0.0304. The number of hydrogen-bond donors (Lipinski definition) is 1. The van der Waals surface area contributed by atoms with E-state index in [9.17, 15) is 31.5 Å². The number of benzene rings is 2. The Hall–Kier alpha value is -2.92. The zero-order valence-corrected chi connectivity index (χ0v) is 22.0. The van der Waals surface area contributed by atoms with Crippen LogP contribution in [0.25, 0.3) is 10.9 Å². The second-order valence-electron chi connectivity index (χ2n) is 10.4. The fraction of sp³-hybridized carbons (Fsp3) is 0.481. The molecular formula is C27H30F3N3O4S. The topological polar surface area (TPSA) is 92.5 Å². The van der Waals surface area contributed by atoms with Crippen LogP contribution in [0.2, 0.25) is 0 Å². The number of alkyl halides is 3. The predicted octanol–water partition coefficient (Wildman–Crippen LogP) is 5.39. The fourth-order valence-electron chi connectivity index (χ4n) is 5.66. The lowest BCUT2D eigenvalue weighted by Crippen LogP contribution is -2.29. The van der Waals surface area contributed by atoms with Crippen molar-refractivity contribution in [2.45, 2.75) is 69.0 Å². The molecule has 0 unspecified atom stereocenters. The first-order valence-electron chi connectivity index (χ1n) is 12.8. The van der Waals surface area contributed by atoms with E-state index in [-0.39, 0.29) is 46.6 Å². The number of fused-ring (bicyclic) bond motifs is 1. The van der Waals surface area contributed by atoms with Gasteiger partial charge in [0.15, 0.2) is 0 Å². The molecule has 2 heterocycles. The highest BCUT2D eigenvalue weighted by molar-refractivity contribution is 7.89. The summed E-state index contributed by atoms with van der Waals surface area (Å²) in [7, 11) is -3.84. The van der Waals surface area contributed by atoms with Crippen LogP contribution in [0.3, 0.4) is 0 Å². The third kappa shape index (κ3) is 4.59. The summed E-state index contributed by atoms with van der Waals surface area (Å²) in [5.74, 6) is -1.71. The summed E-state index contributed by atoms with van der Waals surface area (Å²) >= 11 is 0. The van der Waals surface area contributed by atoms with Crippen molar-refractivity contribution in [3.05, 3.63) is 58.8 Å². The van der Waals surface area contributed by atoms with Gasteiger partial charge in [0.05, 0.1) is 34.1 Å². The summed E-state index contributed by atoms with van der Waals surface area (Å²) in [4.78, 5) is 11.7. The minimum Gasteiger partial charge on any atom is -0.481 e. The van der Waals surface area contributed by atoms with Crippen molar-refractivity contribution in [2.75, 3.05) is 13.1 Å². The second-order valence-corrected chi connectivity index (χ2v) is 12.3. The molecule has 0 spiro atoms. The molecule has 38 heavy (non-hydrogen) atoms. The summed E-state index contributed by atoms with van der Waals surface area (Å²) < 4.78 is 72.2.